The van der Waals surface area contributed by atoms with E-state index in [-0.39, 0.29) is 6.03 Å². The van der Waals surface area contributed by atoms with Crippen molar-refractivity contribution in [2.75, 3.05) is 44.2 Å². The van der Waals surface area contributed by atoms with E-state index in [0.29, 0.717) is 56.0 Å². The summed E-state index contributed by atoms with van der Waals surface area (Å²) in [7, 11) is -3.46. The van der Waals surface area contributed by atoms with Gasteiger partial charge in [0.15, 0.2) is 0 Å². The molecule has 1 fully saturated rings. The Kier molecular flexibility index (Phi) is 7.04. The molecule has 0 spiro atoms. The van der Waals surface area contributed by atoms with Crippen LogP contribution in [0.4, 0.5) is 10.7 Å². The Bertz CT molecular complexity index is 907. The van der Waals surface area contributed by atoms with Crippen molar-refractivity contribution in [3.63, 3.8) is 0 Å². The molecule has 29 heavy (non-hydrogen) atoms. The predicted octanol–water partition coefficient (Wildman–Crippen LogP) is 1.60. The number of nitrogens with zero attached hydrogens (tertiary/aromatic N) is 5. The second-order valence-electron chi connectivity index (χ2n) is 6.49. The minimum atomic E-state index is -3.46. The molecule has 0 unspecified atom stereocenters. The Labute approximate surface area is 175 Å². The Hall–Kier alpha value is -2.24. The van der Waals surface area contributed by atoms with Crippen LogP contribution in [-0.4, -0.2) is 72.9 Å². The van der Waals surface area contributed by atoms with Crippen LogP contribution < -0.4 is 10.2 Å². The lowest BCUT2D eigenvalue weighted by Crippen LogP contribution is -2.52. The summed E-state index contributed by atoms with van der Waals surface area (Å²) < 4.78 is 26.9. The van der Waals surface area contributed by atoms with Crippen LogP contribution in [0, 0.1) is 0 Å². The van der Waals surface area contributed by atoms with Crippen LogP contribution in [0.5, 0.6) is 0 Å². The van der Waals surface area contributed by atoms with Gasteiger partial charge in [0.05, 0.1) is 6.54 Å². The van der Waals surface area contributed by atoms with Crippen LogP contribution in [0.15, 0.2) is 34.8 Å². The summed E-state index contributed by atoms with van der Waals surface area (Å²) in [6.45, 7) is 7.31. The molecular formula is C18H26N6O3S2. The highest BCUT2D eigenvalue weighted by molar-refractivity contribution is 7.91. The third kappa shape index (κ3) is 5.03. The van der Waals surface area contributed by atoms with Gasteiger partial charge in [0.25, 0.3) is 10.0 Å². The maximum Gasteiger partial charge on any atom is 0.317 e. The number of sulfonamides is 1. The van der Waals surface area contributed by atoms with Gasteiger partial charge in [-0.1, -0.05) is 13.8 Å². The highest BCUT2D eigenvalue weighted by Gasteiger charge is 2.25. The molecule has 0 atom stereocenters. The van der Waals surface area contributed by atoms with E-state index in [1.807, 2.05) is 18.7 Å². The van der Waals surface area contributed by atoms with Gasteiger partial charge in [0.1, 0.15) is 4.21 Å². The minimum absolute atomic E-state index is 0.153. The Balaban J connectivity index is 1.51. The number of anilines is 1. The van der Waals surface area contributed by atoms with Gasteiger partial charge in [0, 0.05) is 56.5 Å². The first-order valence-electron chi connectivity index (χ1n) is 9.59. The van der Waals surface area contributed by atoms with Crippen LogP contribution in [0.1, 0.15) is 18.7 Å². The maximum atomic E-state index is 12.6. The smallest absolute Gasteiger partial charge is 0.317 e. The lowest BCUT2D eigenvalue weighted by molar-refractivity contribution is 0.194. The number of carbonyl (C=O) groups excluding carboxylic acids is 1. The third-order valence-electron chi connectivity index (χ3n) is 4.75. The SMILES string of the molecule is CCN(CC)S(=O)(=O)c1ccc(CNC(=O)N2CCN(c3ncccn3)CC2)s1. The number of carbonyl (C=O) groups is 1. The first-order chi connectivity index (χ1) is 14.0. The highest BCUT2D eigenvalue weighted by atomic mass is 32.2. The largest absolute Gasteiger partial charge is 0.337 e. The number of piperazine rings is 1. The fraction of sp³-hybridized carbons (Fsp3) is 0.500. The number of hydrogen-bond donors (Lipinski definition) is 1. The van der Waals surface area contributed by atoms with Crippen molar-refractivity contribution in [1.82, 2.24) is 24.5 Å². The summed E-state index contributed by atoms with van der Waals surface area (Å²) in [6.07, 6.45) is 3.41. The van der Waals surface area contributed by atoms with Crippen molar-refractivity contribution in [3.8, 4) is 0 Å². The molecule has 11 heteroatoms. The van der Waals surface area contributed by atoms with Crippen molar-refractivity contribution in [3.05, 3.63) is 35.5 Å². The van der Waals surface area contributed by atoms with Gasteiger partial charge in [-0.05, 0) is 18.2 Å². The van der Waals surface area contributed by atoms with Gasteiger partial charge >= 0.3 is 6.03 Å². The molecule has 0 radical (unpaired) electrons. The number of amides is 2. The molecule has 2 aromatic rings. The van der Waals surface area contributed by atoms with Crippen LogP contribution in [-0.2, 0) is 16.6 Å². The second kappa shape index (κ2) is 9.51. The highest BCUT2D eigenvalue weighted by Crippen LogP contribution is 2.24. The molecule has 9 nitrogen and oxygen atoms in total. The number of nitrogens with one attached hydrogen (secondary N) is 1. The van der Waals surface area contributed by atoms with Crippen LogP contribution in [0.25, 0.3) is 0 Å². The zero-order valence-electron chi connectivity index (χ0n) is 16.6. The molecule has 2 amide bonds. The van der Waals surface area contributed by atoms with Gasteiger partial charge in [-0.25, -0.2) is 23.2 Å². The lowest BCUT2D eigenvalue weighted by Gasteiger charge is -2.34. The lowest BCUT2D eigenvalue weighted by atomic mass is 10.3. The number of aromatic nitrogens is 2. The zero-order chi connectivity index (χ0) is 20.9. The van der Waals surface area contributed by atoms with E-state index in [0.717, 1.165) is 4.88 Å². The van der Waals surface area contributed by atoms with Gasteiger partial charge in [-0.3, -0.25) is 0 Å². The van der Waals surface area contributed by atoms with E-state index in [1.165, 1.54) is 15.6 Å². The van der Waals surface area contributed by atoms with Crippen molar-refractivity contribution in [2.24, 2.45) is 0 Å². The van der Waals surface area contributed by atoms with Crippen LogP contribution in [0.2, 0.25) is 0 Å². The Morgan fingerprint density at radius 3 is 2.41 bits per heavy atom. The number of urea groups is 1. The van der Waals surface area contributed by atoms with Crippen molar-refractivity contribution >= 4 is 33.3 Å². The molecule has 1 N–H and O–H groups in total. The van der Waals surface area contributed by atoms with E-state index in [4.69, 9.17) is 0 Å². The Morgan fingerprint density at radius 2 is 1.79 bits per heavy atom. The molecular weight excluding hydrogens is 412 g/mol. The summed E-state index contributed by atoms with van der Waals surface area (Å²) in [5, 5.41) is 2.88. The van der Waals surface area contributed by atoms with Gasteiger partial charge in [0.2, 0.25) is 5.95 Å². The monoisotopic (exact) mass is 438 g/mol. The van der Waals surface area contributed by atoms with Crippen molar-refractivity contribution < 1.29 is 13.2 Å². The minimum Gasteiger partial charge on any atom is -0.337 e. The molecule has 3 heterocycles. The van der Waals surface area contributed by atoms with E-state index < -0.39 is 10.0 Å². The third-order valence-corrected chi connectivity index (χ3v) is 8.35. The molecule has 1 aliphatic heterocycles. The fourth-order valence-corrected chi connectivity index (χ4v) is 6.03. The van der Waals surface area contributed by atoms with Crippen LogP contribution in [0.3, 0.4) is 0 Å². The van der Waals surface area contributed by atoms with Gasteiger partial charge in [-0.15, -0.1) is 11.3 Å². The van der Waals surface area contributed by atoms with Gasteiger partial charge < -0.3 is 15.1 Å². The summed E-state index contributed by atoms with van der Waals surface area (Å²) in [4.78, 5) is 25.5. The quantitative estimate of drug-likeness (QED) is 0.705. The topological polar surface area (TPSA) is 98.7 Å². The zero-order valence-corrected chi connectivity index (χ0v) is 18.2. The van der Waals surface area contributed by atoms with E-state index in [2.05, 4.69) is 15.3 Å². The summed E-state index contributed by atoms with van der Waals surface area (Å²) in [6, 6.07) is 4.99. The average Bonchev–Trinajstić information content (AvgIpc) is 3.23. The summed E-state index contributed by atoms with van der Waals surface area (Å²) in [5.41, 5.74) is 0. The van der Waals surface area contributed by atoms with Crippen molar-refractivity contribution in [1.29, 1.82) is 0 Å². The molecule has 1 saturated heterocycles. The molecule has 0 bridgehead atoms. The molecule has 158 valence electrons. The average molecular weight is 439 g/mol. The standard InChI is InChI=1S/C18H26N6O3S2/c1-3-24(4-2)29(26,27)16-7-6-15(28-16)14-21-18(25)23-12-10-22(11-13-23)17-19-8-5-9-20-17/h5-9H,3-4,10-14H2,1-2H3,(H,21,25). The number of rotatable bonds is 7. The van der Waals surface area contributed by atoms with E-state index in [9.17, 15) is 13.2 Å². The summed E-state index contributed by atoms with van der Waals surface area (Å²) in [5.74, 6) is 0.674. The molecule has 0 saturated carbocycles. The predicted molar refractivity (Wildman–Crippen MR) is 112 cm³/mol. The number of thiophene rings is 1. The van der Waals surface area contributed by atoms with E-state index >= 15 is 0 Å². The maximum absolute atomic E-state index is 12.6. The Morgan fingerprint density at radius 1 is 1.14 bits per heavy atom. The fourth-order valence-electron chi connectivity index (χ4n) is 3.12. The molecule has 0 aromatic carbocycles. The first-order valence-corrected chi connectivity index (χ1v) is 11.8. The van der Waals surface area contributed by atoms with E-state index in [1.54, 1.807) is 35.5 Å². The molecule has 3 rings (SSSR count). The summed E-state index contributed by atoms with van der Waals surface area (Å²) >= 11 is 1.20. The number of hydrogen-bond acceptors (Lipinski definition) is 7. The first kappa shape index (κ1) is 21.5. The van der Waals surface area contributed by atoms with Crippen molar-refractivity contribution in [2.45, 2.75) is 24.6 Å². The van der Waals surface area contributed by atoms with Gasteiger partial charge in [-0.2, -0.15) is 4.31 Å². The second-order valence-corrected chi connectivity index (χ2v) is 9.82. The van der Waals surface area contributed by atoms with Crippen LogP contribution >= 0.6 is 11.3 Å². The molecule has 2 aromatic heterocycles. The normalized spacial score (nSPS) is 15.0. The molecule has 0 aliphatic carbocycles. The molecule has 1 aliphatic rings.